The average Bonchev–Trinajstić information content (AvgIpc) is 3.22. The van der Waals surface area contributed by atoms with E-state index in [0.29, 0.717) is 19.1 Å². The Morgan fingerprint density at radius 2 is 2.29 bits per heavy atom. The van der Waals surface area contributed by atoms with Gasteiger partial charge in [0.2, 0.25) is 5.91 Å². The molecule has 0 radical (unpaired) electrons. The van der Waals surface area contributed by atoms with Gasteiger partial charge in [-0.15, -0.1) is 0 Å². The lowest BCUT2D eigenvalue weighted by Crippen LogP contribution is -2.36. The molecule has 0 aliphatic heterocycles. The van der Waals surface area contributed by atoms with E-state index in [1.54, 1.807) is 12.3 Å². The molecule has 1 heterocycles. The molecule has 4 nitrogen and oxygen atoms in total. The molecule has 0 spiro atoms. The van der Waals surface area contributed by atoms with Crippen molar-refractivity contribution in [3.63, 3.8) is 0 Å². The molecule has 5 heteroatoms. The molecular formula is C16H18FN3O. The number of nitrogens with zero attached hydrogens (tertiary/aromatic N) is 2. The van der Waals surface area contributed by atoms with Crippen LogP contribution in [0.5, 0.6) is 0 Å². The number of likely N-dealkylation sites (N-methyl/N-ethyl adjacent to an activating group) is 1. The van der Waals surface area contributed by atoms with Crippen molar-refractivity contribution in [1.82, 2.24) is 15.2 Å². The van der Waals surface area contributed by atoms with Gasteiger partial charge in [-0.05, 0) is 43.7 Å². The highest BCUT2D eigenvalue weighted by atomic mass is 19.1. The number of pyridine rings is 1. The van der Waals surface area contributed by atoms with Gasteiger partial charge >= 0.3 is 0 Å². The monoisotopic (exact) mass is 287 g/mol. The molecule has 0 saturated heterocycles. The Labute approximate surface area is 123 Å². The van der Waals surface area contributed by atoms with Crippen LogP contribution in [0.3, 0.4) is 0 Å². The standard InChI is InChI=1S/C16H18FN3O/c1-20(10-15(21)19-14-4-5-14)9-12-8-13(17)7-11-3-2-6-18-16(11)12/h2-3,6-8,14H,4-5,9-10H2,1H3,(H,19,21). The molecule has 1 amide bonds. The number of hydrogen-bond acceptors (Lipinski definition) is 3. The predicted molar refractivity (Wildman–Crippen MR) is 79.2 cm³/mol. The second kappa shape index (κ2) is 5.77. The van der Waals surface area contributed by atoms with Crippen LogP contribution >= 0.6 is 0 Å². The Morgan fingerprint density at radius 1 is 1.48 bits per heavy atom. The summed E-state index contributed by atoms with van der Waals surface area (Å²) < 4.78 is 13.7. The quantitative estimate of drug-likeness (QED) is 0.916. The molecule has 1 N–H and O–H groups in total. The van der Waals surface area contributed by atoms with Crippen LogP contribution in [0.15, 0.2) is 30.5 Å². The van der Waals surface area contributed by atoms with Crippen LogP contribution < -0.4 is 5.32 Å². The fourth-order valence-electron chi connectivity index (χ4n) is 2.44. The molecule has 1 aromatic carbocycles. The van der Waals surface area contributed by atoms with Gasteiger partial charge in [0.1, 0.15) is 5.82 Å². The molecule has 1 aliphatic rings. The number of rotatable bonds is 5. The van der Waals surface area contributed by atoms with Crippen molar-refractivity contribution < 1.29 is 9.18 Å². The van der Waals surface area contributed by atoms with E-state index in [2.05, 4.69) is 10.3 Å². The number of carbonyl (C=O) groups is 1. The minimum Gasteiger partial charge on any atom is -0.352 e. The fraction of sp³-hybridized carbons (Fsp3) is 0.375. The first kappa shape index (κ1) is 13.9. The van der Waals surface area contributed by atoms with Crippen LogP contribution in [0.2, 0.25) is 0 Å². The number of carbonyl (C=O) groups excluding carboxylic acids is 1. The topological polar surface area (TPSA) is 45.2 Å². The maximum Gasteiger partial charge on any atom is 0.234 e. The lowest BCUT2D eigenvalue weighted by atomic mass is 10.1. The summed E-state index contributed by atoms with van der Waals surface area (Å²) in [4.78, 5) is 18.0. The highest BCUT2D eigenvalue weighted by Crippen LogP contribution is 2.20. The molecule has 1 aromatic heterocycles. The molecule has 3 rings (SSSR count). The molecule has 1 saturated carbocycles. The third-order valence-electron chi connectivity index (χ3n) is 3.54. The average molecular weight is 287 g/mol. The number of halogens is 1. The summed E-state index contributed by atoms with van der Waals surface area (Å²) in [5.74, 6) is -0.255. The fourth-order valence-corrected chi connectivity index (χ4v) is 2.44. The zero-order valence-electron chi connectivity index (χ0n) is 12.0. The van der Waals surface area contributed by atoms with Crippen LogP contribution in [0, 0.1) is 5.82 Å². The number of amides is 1. The van der Waals surface area contributed by atoms with E-state index in [4.69, 9.17) is 0 Å². The van der Waals surface area contributed by atoms with Gasteiger partial charge in [0, 0.05) is 24.2 Å². The van der Waals surface area contributed by atoms with E-state index in [9.17, 15) is 9.18 Å². The van der Waals surface area contributed by atoms with E-state index in [-0.39, 0.29) is 11.7 Å². The molecule has 1 aliphatic carbocycles. The Balaban J connectivity index is 1.72. The van der Waals surface area contributed by atoms with Crippen molar-refractivity contribution in [3.8, 4) is 0 Å². The summed E-state index contributed by atoms with van der Waals surface area (Å²) in [6.45, 7) is 0.796. The summed E-state index contributed by atoms with van der Waals surface area (Å²) in [5, 5.41) is 3.73. The first-order chi connectivity index (χ1) is 10.1. The Morgan fingerprint density at radius 3 is 3.05 bits per heavy atom. The van der Waals surface area contributed by atoms with Crippen LogP contribution in [-0.2, 0) is 11.3 Å². The highest BCUT2D eigenvalue weighted by Gasteiger charge is 2.23. The van der Waals surface area contributed by atoms with Gasteiger partial charge in [-0.2, -0.15) is 0 Å². The normalized spacial score (nSPS) is 14.6. The second-order valence-electron chi connectivity index (χ2n) is 5.65. The Kier molecular flexibility index (Phi) is 3.84. The molecule has 0 unspecified atom stereocenters. The van der Waals surface area contributed by atoms with E-state index < -0.39 is 0 Å². The van der Waals surface area contributed by atoms with E-state index >= 15 is 0 Å². The van der Waals surface area contributed by atoms with Gasteiger partial charge in [0.05, 0.1) is 12.1 Å². The van der Waals surface area contributed by atoms with Gasteiger partial charge < -0.3 is 5.32 Å². The first-order valence-corrected chi connectivity index (χ1v) is 7.13. The van der Waals surface area contributed by atoms with Gasteiger partial charge in [-0.1, -0.05) is 6.07 Å². The SMILES string of the molecule is CN(CC(=O)NC1CC1)Cc1cc(F)cc2cccnc12. The number of aromatic nitrogens is 1. The van der Waals surface area contributed by atoms with Crippen LogP contribution in [0.1, 0.15) is 18.4 Å². The molecule has 1 fully saturated rings. The second-order valence-corrected chi connectivity index (χ2v) is 5.65. The van der Waals surface area contributed by atoms with Crippen molar-refractivity contribution in [3.05, 3.63) is 41.8 Å². The number of benzene rings is 1. The van der Waals surface area contributed by atoms with Gasteiger partial charge in [-0.25, -0.2) is 4.39 Å². The largest absolute Gasteiger partial charge is 0.352 e. The smallest absolute Gasteiger partial charge is 0.234 e. The molecule has 2 aromatic rings. The zero-order valence-corrected chi connectivity index (χ0v) is 12.0. The third kappa shape index (κ3) is 3.55. The highest BCUT2D eigenvalue weighted by molar-refractivity contribution is 5.82. The summed E-state index contributed by atoms with van der Waals surface area (Å²) in [6.07, 6.45) is 3.85. The van der Waals surface area contributed by atoms with Crippen molar-refractivity contribution >= 4 is 16.8 Å². The van der Waals surface area contributed by atoms with Gasteiger partial charge in [0.15, 0.2) is 0 Å². The van der Waals surface area contributed by atoms with Crippen molar-refractivity contribution in [2.45, 2.75) is 25.4 Å². The molecule has 0 bridgehead atoms. The van der Waals surface area contributed by atoms with E-state index in [1.165, 1.54) is 12.1 Å². The minimum atomic E-state index is -0.277. The summed E-state index contributed by atoms with van der Waals surface area (Å²) in [5.41, 5.74) is 1.58. The summed E-state index contributed by atoms with van der Waals surface area (Å²) >= 11 is 0. The third-order valence-corrected chi connectivity index (χ3v) is 3.54. The Bertz CT molecular complexity index is 670. The van der Waals surface area contributed by atoms with Gasteiger partial charge in [-0.3, -0.25) is 14.7 Å². The number of nitrogens with one attached hydrogen (secondary N) is 1. The lowest BCUT2D eigenvalue weighted by molar-refractivity contribution is -0.122. The van der Waals surface area contributed by atoms with Crippen LogP contribution in [0.25, 0.3) is 10.9 Å². The number of hydrogen-bond donors (Lipinski definition) is 1. The number of fused-ring (bicyclic) bond motifs is 1. The molecule has 0 atom stereocenters. The molecular weight excluding hydrogens is 269 g/mol. The summed E-state index contributed by atoms with van der Waals surface area (Å²) in [6, 6.07) is 6.96. The van der Waals surface area contributed by atoms with Crippen molar-refractivity contribution in [2.75, 3.05) is 13.6 Å². The van der Waals surface area contributed by atoms with Gasteiger partial charge in [0.25, 0.3) is 0 Å². The zero-order chi connectivity index (χ0) is 14.8. The summed E-state index contributed by atoms with van der Waals surface area (Å²) in [7, 11) is 1.85. The van der Waals surface area contributed by atoms with Crippen molar-refractivity contribution in [1.29, 1.82) is 0 Å². The first-order valence-electron chi connectivity index (χ1n) is 7.13. The minimum absolute atomic E-state index is 0.0219. The lowest BCUT2D eigenvalue weighted by Gasteiger charge is -2.17. The molecule has 110 valence electrons. The maximum atomic E-state index is 13.7. The Hall–Kier alpha value is -2.01. The van der Waals surface area contributed by atoms with Crippen molar-refractivity contribution in [2.24, 2.45) is 0 Å². The van der Waals surface area contributed by atoms with E-state index in [1.807, 2.05) is 18.0 Å². The van der Waals surface area contributed by atoms with Crippen LogP contribution in [-0.4, -0.2) is 35.4 Å². The maximum absolute atomic E-state index is 13.7. The van der Waals surface area contributed by atoms with E-state index in [0.717, 1.165) is 29.3 Å². The predicted octanol–water partition coefficient (Wildman–Crippen LogP) is 2.08. The molecule has 21 heavy (non-hydrogen) atoms. The van der Waals surface area contributed by atoms with Crippen LogP contribution in [0.4, 0.5) is 4.39 Å².